The highest BCUT2D eigenvalue weighted by atomic mass is 16.2. The van der Waals surface area contributed by atoms with Gasteiger partial charge in [0, 0.05) is 18.2 Å². The molecule has 0 aliphatic carbocycles. The minimum absolute atomic E-state index is 0.0447. The van der Waals surface area contributed by atoms with Crippen LogP contribution in [0.3, 0.4) is 0 Å². The lowest BCUT2D eigenvalue weighted by Gasteiger charge is -2.18. The van der Waals surface area contributed by atoms with E-state index in [1.165, 1.54) is 10.9 Å². The van der Waals surface area contributed by atoms with Crippen molar-refractivity contribution in [2.45, 2.75) is 52.2 Å². The van der Waals surface area contributed by atoms with Crippen LogP contribution in [0.5, 0.6) is 0 Å². The molecule has 1 aliphatic rings. The molecule has 2 N–H and O–H groups in total. The predicted molar refractivity (Wildman–Crippen MR) is 76.4 cm³/mol. The number of nitrogens with one attached hydrogen (secondary N) is 2. The highest BCUT2D eigenvalue weighted by Gasteiger charge is 2.16. The summed E-state index contributed by atoms with van der Waals surface area (Å²) in [6, 6.07) is 0.174. The van der Waals surface area contributed by atoms with Crippen LogP contribution >= 0.6 is 0 Å². The van der Waals surface area contributed by atoms with Crippen LogP contribution in [0.2, 0.25) is 0 Å². The van der Waals surface area contributed by atoms with E-state index in [1.807, 2.05) is 13.8 Å². The summed E-state index contributed by atoms with van der Waals surface area (Å²) < 4.78 is 1.40. The third-order valence-corrected chi connectivity index (χ3v) is 3.73. The number of hydrogen-bond acceptors (Lipinski definition) is 4. The summed E-state index contributed by atoms with van der Waals surface area (Å²) in [5.74, 6) is -0.128. The summed E-state index contributed by atoms with van der Waals surface area (Å²) >= 11 is 0. The Balaban J connectivity index is 2.10. The maximum atomic E-state index is 12.3. The predicted octanol–water partition coefficient (Wildman–Crippen LogP) is 0.194. The van der Waals surface area contributed by atoms with Gasteiger partial charge in [-0.05, 0) is 25.8 Å². The second-order valence-electron chi connectivity index (χ2n) is 5.11. The summed E-state index contributed by atoms with van der Waals surface area (Å²) in [6.45, 7) is 5.53. The highest BCUT2D eigenvalue weighted by Crippen LogP contribution is 2.05. The minimum Gasteiger partial charge on any atom is -0.352 e. The Labute approximate surface area is 118 Å². The molecule has 0 radical (unpaired) electrons. The van der Waals surface area contributed by atoms with Crippen molar-refractivity contribution in [2.24, 2.45) is 0 Å². The summed E-state index contributed by atoms with van der Waals surface area (Å²) in [4.78, 5) is 28.5. The molecule has 1 aliphatic heterocycles. The maximum Gasteiger partial charge on any atom is 0.257 e. The van der Waals surface area contributed by atoms with E-state index >= 15 is 0 Å². The summed E-state index contributed by atoms with van der Waals surface area (Å²) in [6.07, 6.45) is 3.94. The van der Waals surface area contributed by atoms with Crippen molar-refractivity contribution in [2.75, 3.05) is 6.54 Å². The molecule has 6 heteroatoms. The van der Waals surface area contributed by atoms with E-state index < -0.39 is 0 Å². The molecule has 110 valence electrons. The molecular weight excluding hydrogens is 256 g/mol. The quantitative estimate of drug-likeness (QED) is 0.806. The molecule has 0 bridgehead atoms. The first-order valence-electron chi connectivity index (χ1n) is 7.23. The Morgan fingerprint density at radius 1 is 1.50 bits per heavy atom. The number of carbonyl (C=O) groups is 1. The Hall–Kier alpha value is -1.69. The van der Waals surface area contributed by atoms with Crippen molar-refractivity contribution in [1.29, 1.82) is 0 Å². The molecule has 0 fully saturated rings. The molecule has 0 unspecified atom stereocenters. The van der Waals surface area contributed by atoms with Gasteiger partial charge in [-0.2, -0.15) is 0 Å². The van der Waals surface area contributed by atoms with Gasteiger partial charge < -0.3 is 10.6 Å². The fourth-order valence-corrected chi connectivity index (χ4v) is 2.42. The van der Waals surface area contributed by atoms with Crippen molar-refractivity contribution >= 4 is 5.91 Å². The lowest BCUT2D eigenvalue weighted by atomic mass is 10.1. The lowest BCUT2D eigenvalue weighted by molar-refractivity contribution is -0.122. The normalized spacial score (nSPS) is 14.2. The average Bonchev–Trinajstić information content (AvgIpc) is 2.48. The summed E-state index contributed by atoms with van der Waals surface area (Å²) in [7, 11) is 0. The van der Waals surface area contributed by atoms with Crippen molar-refractivity contribution in [3.8, 4) is 0 Å². The van der Waals surface area contributed by atoms with Crippen molar-refractivity contribution in [3.63, 3.8) is 0 Å². The molecule has 0 atom stereocenters. The van der Waals surface area contributed by atoms with Crippen LogP contribution in [0.4, 0.5) is 0 Å². The van der Waals surface area contributed by atoms with E-state index in [-0.39, 0.29) is 24.1 Å². The first-order chi connectivity index (χ1) is 9.65. The largest absolute Gasteiger partial charge is 0.352 e. The van der Waals surface area contributed by atoms with E-state index in [9.17, 15) is 9.59 Å². The minimum atomic E-state index is -0.128. The van der Waals surface area contributed by atoms with Gasteiger partial charge in [0.05, 0.1) is 12.0 Å². The Morgan fingerprint density at radius 3 is 2.95 bits per heavy atom. The van der Waals surface area contributed by atoms with Crippen LogP contribution < -0.4 is 16.2 Å². The van der Waals surface area contributed by atoms with Gasteiger partial charge in [0.1, 0.15) is 6.54 Å². The van der Waals surface area contributed by atoms with Crippen LogP contribution in [0.25, 0.3) is 0 Å². The zero-order valence-electron chi connectivity index (χ0n) is 12.1. The first-order valence-corrected chi connectivity index (χ1v) is 7.23. The second kappa shape index (κ2) is 6.65. The number of hydrogen-bond donors (Lipinski definition) is 2. The lowest BCUT2D eigenvalue weighted by Crippen LogP contribution is -2.40. The van der Waals surface area contributed by atoms with Crippen LogP contribution in [0, 0.1) is 0 Å². The molecule has 1 amide bonds. The molecule has 2 heterocycles. The molecule has 20 heavy (non-hydrogen) atoms. The van der Waals surface area contributed by atoms with E-state index in [0.717, 1.165) is 30.6 Å². The number of rotatable bonds is 5. The molecule has 0 aromatic carbocycles. The molecule has 0 saturated heterocycles. The molecule has 0 saturated carbocycles. The number of amides is 1. The van der Waals surface area contributed by atoms with Gasteiger partial charge in [0.15, 0.2) is 0 Å². The molecule has 1 aromatic rings. The molecule has 1 aromatic heterocycles. The number of nitrogens with zero attached hydrogens (tertiary/aromatic N) is 2. The molecule has 6 nitrogen and oxygen atoms in total. The van der Waals surface area contributed by atoms with Gasteiger partial charge >= 0.3 is 0 Å². The van der Waals surface area contributed by atoms with Crippen molar-refractivity contribution < 1.29 is 4.79 Å². The molecule has 0 spiro atoms. The zero-order chi connectivity index (χ0) is 14.5. The standard InChI is InChI=1S/C14H22N4O2/c1-3-10(4-2)17-13(19)8-18-9-16-12-7-15-6-5-11(12)14(18)20/h9-10,15H,3-8H2,1-2H3,(H,17,19). The summed E-state index contributed by atoms with van der Waals surface area (Å²) in [5, 5.41) is 6.11. The topological polar surface area (TPSA) is 76.0 Å². The van der Waals surface area contributed by atoms with Gasteiger partial charge in [-0.25, -0.2) is 4.98 Å². The Bertz CT molecular complexity index is 534. The third kappa shape index (κ3) is 3.25. The second-order valence-corrected chi connectivity index (χ2v) is 5.11. The Kier molecular flexibility index (Phi) is 4.89. The smallest absolute Gasteiger partial charge is 0.257 e. The monoisotopic (exact) mass is 278 g/mol. The van der Waals surface area contributed by atoms with Gasteiger partial charge in [-0.3, -0.25) is 14.2 Å². The number of fused-ring (bicyclic) bond motifs is 1. The molecular formula is C14H22N4O2. The van der Waals surface area contributed by atoms with E-state index in [1.54, 1.807) is 0 Å². The molecule has 2 rings (SSSR count). The van der Waals surface area contributed by atoms with Crippen molar-refractivity contribution in [1.82, 2.24) is 20.2 Å². The van der Waals surface area contributed by atoms with Gasteiger partial charge in [0.2, 0.25) is 5.91 Å². The van der Waals surface area contributed by atoms with Crippen molar-refractivity contribution in [3.05, 3.63) is 27.9 Å². The van der Waals surface area contributed by atoms with Crippen LogP contribution in [-0.4, -0.2) is 28.0 Å². The van der Waals surface area contributed by atoms with Gasteiger partial charge in [-0.15, -0.1) is 0 Å². The van der Waals surface area contributed by atoms with E-state index in [4.69, 9.17) is 0 Å². The zero-order valence-corrected chi connectivity index (χ0v) is 12.1. The van der Waals surface area contributed by atoms with Gasteiger partial charge in [0.25, 0.3) is 5.56 Å². The Morgan fingerprint density at radius 2 is 2.25 bits per heavy atom. The summed E-state index contributed by atoms with van der Waals surface area (Å²) in [5.41, 5.74) is 1.45. The highest BCUT2D eigenvalue weighted by molar-refractivity contribution is 5.76. The van der Waals surface area contributed by atoms with E-state index in [2.05, 4.69) is 15.6 Å². The number of aromatic nitrogens is 2. The maximum absolute atomic E-state index is 12.3. The van der Waals surface area contributed by atoms with Crippen LogP contribution in [0.15, 0.2) is 11.1 Å². The average molecular weight is 278 g/mol. The van der Waals surface area contributed by atoms with Crippen LogP contribution in [0.1, 0.15) is 37.9 Å². The SMILES string of the molecule is CCC(CC)NC(=O)Cn1cnc2c(c1=O)CCNC2. The fraction of sp³-hybridized carbons (Fsp3) is 0.643. The fourth-order valence-electron chi connectivity index (χ4n) is 2.42. The number of carbonyl (C=O) groups excluding carboxylic acids is 1. The van der Waals surface area contributed by atoms with Gasteiger partial charge in [-0.1, -0.05) is 13.8 Å². The third-order valence-electron chi connectivity index (χ3n) is 3.73. The first kappa shape index (κ1) is 14.7. The van der Waals surface area contributed by atoms with E-state index in [0.29, 0.717) is 13.0 Å². The van der Waals surface area contributed by atoms with Crippen LogP contribution in [-0.2, 0) is 24.3 Å².